The van der Waals surface area contributed by atoms with E-state index in [4.69, 9.17) is 27.6 Å². The lowest BCUT2D eigenvalue weighted by Gasteiger charge is -2.08. The van der Waals surface area contributed by atoms with Gasteiger partial charge in [-0.3, -0.25) is 4.79 Å². The second-order valence-electron chi connectivity index (χ2n) is 5.13. The zero-order chi connectivity index (χ0) is 17.8. The molecule has 0 bridgehead atoms. The van der Waals surface area contributed by atoms with Crippen LogP contribution in [0, 0.1) is 6.92 Å². The molecule has 3 rings (SSSR count). The minimum absolute atomic E-state index is 0.147. The SMILES string of the molecule is Cc1c(Cl)cccc1NC(=O)CSc1nnc(-c2ccc(Cl)cc2)o1. The lowest BCUT2D eigenvalue weighted by atomic mass is 10.2. The predicted molar refractivity (Wildman–Crippen MR) is 100 cm³/mol. The zero-order valence-corrected chi connectivity index (χ0v) is 15.5. The maximum atomic E-state index is 12.1. The summed E-state index contributed by atoms with van der Waals surface area (Å²) in [5.74, 6) is 0.348. The first-order valence-corrected chi connectivity index (χ1v) is 9.04. The van der Waals surface area contributed by atoms with Crippen molar-refractivity contribution in [2.75, 3.05) is 11.1 Å². The average molecular weight is 394 g/mol. The van der Waals surface area contributed by atoms with Gasteiger partial charge in [-0.25, -0.2) is 0 Å². The molecule has 0 saturated heterocycles. The summed E-state index contributed by atoms with van der Waals surface area (Å²) < 4.78 is 5.55. The number of thioether (sulfide) groups is 1. The zero-order valence-electron chi connectivity index (χ0n) is 13.1. The molecule has 1 aromatic heterocycles. The third-order valence-electron chi connectivity index (χ3n) is 3.37. The van der Waals surface area contributed by atoms with Crippen LogP contribution in [0.4, 0.5) is 5.69 Å². The fraction of sp³-hybridized carbons (Fsp3) is 0.118. The van der Waals surface area contributed by atoms with Gasteiger partial charge in [-0.15, -0.1) is 10.2 Å². The molecule has 1 N–H and O–H groups in total. The molecule has 1 heterocycles. The molecule has 0 fully saturated rings. The van der Waals surface area contributed by atoms with E-state index in [0.717, 1.165) is 11.1 Å². The minimum atomic E-state index is -0.179. The summed E-state index contributed by atoms with van der Waals surface area (Å²) in [5, 5.41) is 12.3. The summed E-state index contributed by atoms with van der Waals surface area (Å²) in [6, 6.07) is 12.4. The van der Waals surface area contributed by atoms with Crippen molar-refractivity contribution in [3.05, 3.63) is 58.1 Å². The van der Waals surface area contributed by atoms with Crippen molar-refractivity contribution in [3.8, 4) is 11.5 Å². The van der Waals surface area contributed by atoms with Gasteiger partial charge in [0.05, 0.1) is 5.75 Å². The lowest BCUT2D eigenvalue weighted by molar-refractivity contribution is -0.113. The van der Waals surface area contributed by atoms with Gasteiger partial charge >= 0.3 is 0 Å². The largest absolute Gasteiger partial charge is 0.411 e. The molecule has 0 aliphatic rings. The summed E-state index contributed by atoms with van der Waals surface area (Å²) in [7, 11) is 0. The Morgan fingerprint density at radius 2 is 1.92 bits per heavy atom. The van der Waals surface area contributed by atoms with Crippen molar-refractivity contribution in [1.82, 2.24) is 10.2 Å². The molecule has 0 aliphatic carbocycles. The second-order valence-corrected chi connectivity index (χ2v) is 6.90. The Morgan fingerprint density at radius 1 is 1.16 bits per heavy atom. The van der Waals surface area contributed by atoms with E-state index >= 15 is 0 Å². The summed E-state index contributed by atoms with van der Waals surface area (Å²) in [6.45, 7) is 1.85. The van der Waals surface area contributed by atoms with Crippen LogP contribution in [-0.4, -0.2) is 21.9 Å². The molecule has 0 unspecified atom stereocenters. The molecule has 2 aromatic carbocycles. The van der Waals surface area contributed by atoms with E-state index < -0.39 is 0 Å². The smallest absolute Gasteiger partial charge is 0.277 e. The van der Waals surface area contributed by atoms with Crippen molar-refractivity contribution in [2.45, 2.75) is 12.1 Å². The number of carbonyl (C=O) groups is 1. The van der Waals surface area contributed by atoms with E-state index in [2.05, 4.69) is 15.5 Å². The van der Waals surface area contributed by atoms with Crippen molar-refractivity contribution < 1.29 is 9.21 Å². The Kier molecular flexibility index (Phi) is 5.63. The number of nitrogens with one attached hydrogen (secondary N) is 1. The molecule has 0 aliphatic heterocycles. The van der Waals surface area contributed by atoms with Gasteiger partial charge in [0, 0.05) is 21.3 Å². The van der Waals surface area contributed by atoms with Gasteiger partial charge in [-0.05, 0) is 48.9 Å². The number of halogens is 2. The van der Waals surface area contributed by atoms with Gasteiger partial charge in [-0.2, -0.15) is 0 Å². The van der Waals surface area contributed by atoms with Gasteiger partial charge in [0.25, 0.3) is 5.22 Å². The topological polar surface area (TPSA) is 68.0 Å². The highest BCUT2D eigenvalue weighted by atomic mass is 35.5. The molecular weight excluding hydrogens is 381 g/mol. The number of hydrogen-bond donors (Lipinski definition) is 1. The van der Waals surface area contributed by atoms with Crippen LogP contribution in [0.15, 0.2) is 52.1 Å². The highest BCUT2D eigenvalue weighted by molar-refractivity contribution is 7.99. The molecule has 128 valence electrons. The van der Waals surface area contributed by atoms with Gasteiger partial charge in [0.1, 0.15) is 0 Å². The Hall–Kier alpha value is -2.02. The first-order chi connectivity index (χ1) is 12.0. The van der Waals surface area contributed by atoms with Crippen molar-refractivity contribution in [1.29, 1.82) is 0 Å². The van der Waals surface area contributed by atoms with Crippen molar-refractivity contribution in [3.63, 3.8) is 0 Å². The van der Waals surface area contributed by atoms with Crippen LogP contribution in [0.5, 0.6) is 0 Å². The van der Waals surface area contributed by atoms with Crippen LogP contribution >= 0.6 is 35.0 Å². The van der Waals surface area contributed by atoms with E-state index in [-0.39, 0.29) is 11.7 Å². The van der Waals surface area contributed by atoms with Gasteiger partial charge < -0.3 is 9.73 Å². The molecule has 0 spiro atoms. The Morgan fingerprint density at radius 3 is 2.68 bits per heavy atom. The number of amides is 1. The van der Waals surface area contributed by atoms with E-state index in [1.165, 1.54) is 11.8 Å². The Labute approximate surface area is 158 Å². The Balaban J connectivity index is 1.59. The maximum Gasteiger partial charge on any atom is 0.277 e. The number of aromatic nitrogens is 2. The number of anilines is 1. The number of benzene rings is 2. The summed E-state index contributed by atoms with van der Waals surface area (Å²) in [5.41, 5.74) is 2.28. The van der Waals surface area contributed by atoms with Crippen LogP contribution < -0.4 is 5.32 Å². The molecule has 0 radical (unpaired) electrons. The molecule has 1 amide bonds. The first kappa shape index (κ1) is 17.8. The second kappa shape index (κ2) is 7.91. The number of hydrogen-bond acceptors (Lipinski definition) is 5. The Bertz CT molecular complexity index is 897. The van der Waals surface area contributed by atoms with E-state index in [0.29, 0.717) is 26.8 Å². The minimum Gasteiger partial charge on any atom is -0.411 e. The fourth-order valence-corrected chi connectivity index (χ4v) is 2.90. The quantitative estimate of drug-likeness (QED) is 0.611. The van der Waals surface area contributed by atoms with Gasteiger partial charge in [0.15, 0.2) is 0 Å². The molecule has 5 nitrogen and oxygen atoms in total. The molecule has 25 heavy (non-hydrogen) atoms. The van der Waals surface area contributed by atoms with Crippen LogP contribution in [0.2, 0.25) is 10.0 Å². The van der Waals surface area contributed by atoms with Crippen LogP contribution in [0.3, 0.4) is 0 Å². The predicted octanol–water partition coefficient (Wildman–Crippen LogP) is 5.08. The maximum absolute atomic E-state index is 12.1. The molecule has 8 heteroatoms. The number of carbonyl (C=O) groups excluding carboxylic acids is 1. The summed E-state index contributed by atoms with van der Waals surface area (Å²) in [6.07, 6.45) is 0. The molecule has 0 atom stereocenters. The lowest BCUT2D eigenvalue weighted by Crippen LogP contribution is -2.14. The monoisotopic (exact) mass is 393 g/mol. The van der Waals surface area contributed by atoms with Crippen molar-refractivity contribution >= 4 is 46.6 Å². The molecule has 0 saturated carbocycles. The number of nitrogens with zero attached hydrogens (tertiary/aromatic N) is 2. The van der Waals surface area contributed by atoms with Crippen LogP contribution in [0.25, 0.3) is 11.5 Å². The highest BCUT2D eigenvalue weighted by Crippen LogP contribution is 2.26. The average Bonchev–Trinajstić information content (AvgIpc) is 3.07. The summed E-state index contributed by atoms with van der Waals surface area (Å²) >= 11 is 13.1. The highest BCUT2D eigenvalue weighted by Gasteiger charge is 2.12. The van der Waals surface area contributed by atoms with E-state index in [9.17, 15) is 4.79 Å². The van der Waals surface area contributed by atoms with E-state index in [1.807, 2.05) is 6.92 Å². The first-order valence-electron chi connectivity index (χ1n) is 7.30. The normalized spacial score (nSPS) is 10.7. The van der Waals surface area contributed by atoms with Gasteiger partial charge in [-0.1, -0.05) is 41.0 Å². The standard InChI is InChI=1S/C17H13Cl2N3O2S/c1-10-13(19)3-2-4-14(10)20-15(23)9-25-17-22-21-16(24-17)11-5-7-12(18)8-6-11/h2-8H,9H2,1H3,(H,20,23). The van der Waals surface area contributed by atoms with Crippen molar-refractivity contribution in [2.24, 2.45) is 0 Å². The fourth-order valence-electron chi connectivity index (χ4n) is 2.03. The van der Waals surface area contributed by atoms with E-state index in [1.54, 1.807) is 42.5 Å². The van der Waals surface area contributed by atoms with Gasteiger partial charge in [0.2, 0.25) is 11.8 Å². The summed E-state index contributed by atoms with van der Waals surface area (Å²) in [4.78, 5) is 12.1. The molecule has 3 aromatic rings. The van der Waals surface area contributed by atoms with Crippen LogP contribution in [0.1, 0.15) is 5.56 Å². The molecular formula is C17H13Cl2N3O2S. The third kappa shape index (κ3) is 4.54. The third-order valence-corrected chi connectivity index (χ3v) is 4.85. The van der Waals surface area contributed by atoms with Crippen LogP contribution in [-0.2, 0) is 4.79 Å². The number of rotatable bonds is 5.